The highest BCUT2D eigenvalue weighted by atomic mass is 35.5. The second-order valence-corrected chi connectivity index (χ2v) is 12.6. The van der Waals surface area contributed by atoms with Crippen molar-refractivity contribution in [2.75, 3.05) is 11.9 Å². The highest BCUT2D eigenvalue weighted by Crippen LogP contribution is 2.30. The number of aryl methyl sites for hydroxylation is 2. The fraction of sp³-hybridized carbons (Fsp3) is 0.529. The molecule has 2 rings (SSSR count). The SMILES string of the molecule is CCCCCCCCN(C(=O)C(CCC(N)=O)NC(=O)OC(C)(C)C)C(C(=O)Nc1c(C)cccc1Cl)c1cccc(C)c1. The van der Waals surface area contributed by atoms with E-state index in [1.54, 1.807) is 39.0 Å². The molecule has 0 saturated carbocycles. The second kappa shape index (κ2) is 17.6. The van der Waals surface area contributed by atoms with Gasteiger partial charge in [-0.25, -0.2) is 4.79 Å². The normalized spacial score (nSPS) is 12.6. The largest absolute Gasteiger partial charge is 0.444 e. The van der Waals surface area contributed by atoms with Gasteiger partial charge in [0.25, 0.3) is 5.91 Å². The number of amides is 4. The first-order valence-electron chi connectivity index (χ1n) is 15.4. The van der Waals surface area contributed by atoms with Crippen molar-refractivity contribution >= 4 is 41.1 Å². The molecule has 0 bridgehead atoms. The van der Waals surface area contributed by atoms with Gasteiger partial charge in [0.1, 0.15) is 17.7 Å². The van der Waals surface area contributed by atoms with E-state index in [1.165, 1.54) is 4.90 Å². The number of unbranched alkanes of at least 4 members (excludes halogenated alkanes) is 5. The molecule has 0 aliphatic heterocycles. The number of nitrogens with zero attached hydrogens (tertiary/aromatic N) is 1. The first-order valence-corrected chi connectivity index (χ1v) is 15.8. The van der Waals surface area contributed by atoms with Crippen LogP contribution in [0.15, 0.2) is 42.5 Å². The van der Waals surface area contributed by atoms with Crippen LogP contribution in [0.25, 0.3) is 0 Å². The Morgan fingerprint density at radius 2 is 1.64 bits per heavy atom. The Kier molecular flexibility index (Phi) is 14.7. The van der Waals surface area contributed by atoms with Crippen LogP contribution in [0.3, 0.4) is 0 Å². The van der Waals surface area contributed by atoms with Gasteiger partial charge in [0, 0.05) is 13.0 Å². The summed E-state index contributed by atoms with van der Waals surface area (Å²) in [7, 11) is 0. The number of alkyl carbamates (subject to hydrolysis) is 1. The van der Waals surface area contributed by atoms with Gasteiger partial charge in [-0.1, -0.05) is 92.6 Å². The van der Waals surface area contributed by atoms with E-state index in [9.17, 15) is 19.2 Å². The number of primary amides is 1. The van der Waals surface area contributed by atoms with E-state index in [2.05, 4.69) is 17.6 Å². The van der Waals surface area contributed by atoms with Crippen LogP contribution >= 0.6 is 11.6 Å². The van der Waals surface area contributed by atoms with Crippen molar-refractivity contribution in [2.24, 2.45) is 5.73 Å². The summed E-state index contributed by atoms with van der Waals surface area (Å²) in [5.41, 5.74) is 7.38. The summed E-state index contributed by atoms with van der Waals surface area (Å²) in [5.74, 6) is -1.57. The number of carbonyl (C=O) groups excluding carboxylic acids is 4. The molecule has 0 radical (unpaired) electrons. The summed E-state index contributed by atoms with van der Waals surface area (Å²) >= 11 is 6.47. The van der Waals surface area contributed by atoms with Crippen molar-refractivity contribution in [3.63, 3.8) is 0 Å². The number of rotatable bonds is 16. The summed E-state index contributed by atoms with van der Waals surface area (Å²) in [4.78, 5) is 54.7. The molecular weight excluding hydrogens is 580 g/mol. The third-order valence-corrected chi connectivity index (χ3v) is 7.41. The number of ether oxygens (including phenoxy) is 1. The smallest absolute Gasteiger partial charge is 0.408 e. The lowest BCUT2D eigenvalue weighted by atomic mass is 9.99. The second-order valence-electron chi connectivity index (χ2n) is 12.2. The minimum Gasteiger partial charge on any atom is -0.444 e. The lowest BCUT2D eigenvalue weighted by molar-refractivity contribution is -0.141. The molecule has 0 aromatic heterocycles. The number of nitrogens with two attached hydrogens (primary N) is 1. The van der Waals surface area contributed by atoms with Gasteiger partial charge in [-0.05, 0) is 64.7 Å². The first kappa shape index (κ1) is 36.6. The van der Waals surface area contributed by atoms with Gasteiger partial charge >= 0.3 is 6.09 Å². The molecule has 0 fully saturated rings. The van der Waals surface area contributed by atoms with Crippen LogP contribution in [0.2, 0.25) is 5.02 Å². The minimum atomic E-state index is -1.15. The number of hydrogen-bond donors (Lipinski definition) is 3. The zero-order chi connectivity index (χ0) is 32.9. The molecule has 2 aromatic rings. The molecule has 2 aromatic carbocycles. The van der Waals surface area contributed by atoms with E-state index in [1.807, 2.05) is 38.1 Å². The number of benzene rings is 2. The Balaban J connectivity index is 2.57. The average molecular weight is 629 g/mol. The van der Waals surface area contributed by atoms with E-state index in [0.717, 1.165) is 43.2 Å². The van der Waals surface area contributed by atoms with E-state index in [-0.39, 0.29) is 19.4 Å². The van der Waals surface area contributed by atoms with Gasteiger partial charge in [0.15, 0.2) is 0 Å². The van der Waals surface area contributed by atoms with Gasteiger partial charge in [-0.2, -0.15) is 0 Å². The molecule has 0 spiro atoms. The van der Waals surface area contributed by atoms with Crippen molar-refractivity contribution in [3.8, 4) is 0 Å². The fourth-order valence-electron chi connectivity index (χ4n) is 4.92. The summed E-state index contributed by atoms with van der Waals surface area (Å²) in [6, 6.07) is 10.5. The zero-order valence-electron chi connectivity index (χ0n) is 27.0. The molecular formula is C34H49ClN4O5. The third kappa shape index (κ3) is 12.2. The number of para-hydroxylation sites is 1. The van der Waals surface area contributed by atoms with E-state index in [4.69, 9.17) is 22.1 Å². The van der Waals surface area contributed by atoms with Crippen LogP contribution in [0.1, 0.15) is 102 Å². The van der Waals surface area contributed by atoms with E-state index >= 15 is 0 Å². The van der Waals surface area contributed by atoms with Crippen molar-refractivity contribution in [1.29, 1.82) is 0 Å². The lowest BCUT2D eigenvalue weighted by Gasteiger charge is -2.35. The molecule has 2 unspecified atom stereocenters. The molecule has 242 valence electrons. The Labute approximate surface area is 267 Å². The predicted octanol–water partition coefficient (Wildman–Crippen LogP) is 6.98. The van der Waals surface area contributed by atoms with Crippen LogP contribution in [0, 0.1) is 13.8 Å². The summed E-state index contributed by atoms with van der Waals surface area (Å²) < 4.78 is 5.42. The molecule has 4 N–H and O–H groups in total. The van der Waals surface area contributed by atoms with Crippen molar-refractivity contribution in [3.05, 3.63) is 64.2 Å². The summed E-state index contributed by atoms with van der Waals surface area (Å²) in [6.45, 7) is 11.3. The van der Waals surface area contributed by atoms with Crippen molar-refractivity contribution in [2.45, 2.75) is 111 Å². The number of anilines is 1. The summed E-state index contributed by atoms with van der Waals surface area (Å²) in [6.07, 6.45) is 4.83. The third-order valence-electron chi connectivity index (χ3n) is 7.09. The molecule has 0 aliphatic carbocycles. The van der Waals surface area contributed by atoms with Crippen LogP contribution in [0.4, 0.5) is 10.5 Å². The Hall–Kier alpha value is -3.59. The molecule has 0 heterocycles. The maximum Gasteiger partial charge on any atom is 0.408 e. The van der Waals surface area contributed by atoms with Crippen LogP contribution in [-0.2, 0) is 19.1 Å². The van der Waals surface area contributed by atoms with Crippen LogP contribution < -0.4 is 16.4 Å². The zero-order valence-corrected chi connectivity index (χ0v) is 27.8. The fourth-order valence-corrected chi connectivity index (χ4v) is 5.19. The molecule has 10 heteroatoms. The molecule has 0 aliphatic rings. The molecule has 2 atom stereocenters. The van der Waals surface area contributed by atoms with Gasteiger partial charge in [0.2, 0.25) is 11.8 Å². The molecule has 44 heavy (non-hydrogen) atoms. The summed E-state index contributed by atoms with van der Waals surface area (Å²) in [5, 5.41) is 5.98. The Morgan fingerprint density at radius 1 is 0.977 bits per heavy atom. The van der Waals surface area contributed by atoms with Gasteiger partial charge in [-0.15, -0.1) is 0 Å². The predicted molar refractivity (Wildman–Crippen MR) is 175 cm³/mol. The van der Waals surface area contributed by atoms with Gasteiger partial charge < -0.3 is 26.0 Å². The van der Waals surface area contributed by atoms with Gasteiger partial charge in [0.05, 0.1) is 10.7 Å². The number of halogens is 1. The standard InChI is InChI=1S/C34H49ClN4O5/c1-7-8-9-10-11-12-21-39(32(42)27(19-20-28(36)40)37-33(43)44-34(4,5)6)30(25-17-13-15-23(2)22-25)31(41)38-29-24(3)16-14-18-26(29)35/h13-18,22,27,30H,7-12,19-21H2,1-6H3,(H2,36,40)(H,37,43)(H,38,41). The van der Waals surface area contributed by atoms with Crippen molar-refractivity contribution in [1.82, 2.24) is 10.2 Å². The average Bonchev–Trinajstić information content (AvgIpc) is 2.92. The number of carbonyl (C=O) groups is 4. The van der Waals surface area contributed by atoms with Crippen LogP contribution in [0.5, 0.6) is 0 Å². The maximum absolute atomic E-state index is 14.4. The highest BCUT2D eigenvalue weighted by Gasteiger charge is 2.36. The minimum absolute atomic E-state index is 0.0494. The number of hydrogen-bond acceptors (Lipinski definition) is 5. The highest BCUT2D eigenvalue weighted by molar-refractivity contribution is 6.34. The van der Waals surface area contributed by atoms with E-state index < -0.39 is 41.5 Å². The Bertz CT molecular complexity index is 1260. The topological polar surface area (TPSA) is 131 Å². The molecule has 9 nitrogen and oxygen atoms in total. The quantitative estimate of drug-likeness (QED) is 0.173. The van der Waals surface area contributed by atoms with Crippen molar-refractivity contribution < 1.29 is 23.9 Å². The molecule has 0 saturated heterocycles. The monoisotopic (exact) mass is 628 g/mol. The number of nitrogens with one attached hydrogen (secondary N) is 2. The maximum atomic E-state index is 14.4. The lowest BCUT2D eigenvalue weighted by Crippen LogP contribution is -2.53. The van der Waals surface area contributed by atoms with Crippen LogP contribution in [-0.4, -0.2) is 46.9 Å². The Morgan fingerprint density at radius 3 is 2.25 bits per heavy atom. The van der Waals surface area contributed by atoms with E-state index in [0.29, 0.717) is 22.7 Å². The molecule has 4 amide bonds. The van der Waals surface area contributed by atoms with Gasteiger partial charge in [-0.3, -0.25) is 14.4 Å². The first-order chi connectivity index (χ1) is 20.7.